The van der Waals surface area contributed by atoms with Crippen molar-refractivity contribution in [1.29, 1.82) is 0 Å². The van der Waals surface area contributed by atoms with E-state index in [0.29, 0.717) is 17.7 Å². The molecule has 102 valence electrons. The number of nitrogens with zero attached hydrogens (tertiary/aromatic N) is 1. The Morgan fingerprint density at radius 2 is 1.79 bits per heavy atom. The zero-order valence-corrected chi connectivity index (χ0v) is 14.7. The molecule has 4 nitrogen and oxygen atoms in total. The zero-order chi connectivity index (χ0) is 14.6. The number of nitrogens with one attached hydrogen (secondary N) is 1. The molecule has 1 aromatic carbocycles. The second-order valence-electron chi connectivity index (χ2n) is 5.46. The summed E-state index contributed by atoms with van der Waals surface area (Å²) in [5.74, 6) is -0.320. The van der Waals surface area contributed by atoms with Gasteiger partial charge in [0, 0.05) is 0 Å². The summed E-state index contributed by atoms with van der Waals surface area (Å²) in [6.45, 7) is 5.22. The van der Waals surface area contributed by atoms with E-state index in [-0.39, 0.29) is 5.91 Å². The Morgan fingerprint density at radius 3 is 2.16 bits per heavy atom. The Hall–Kier alpha value is -1.30. The quantitative estimate of drug-likeness (QED) is 0.374. The SMILES string of the molecule is C=C(C)C(=O)N(NC=O)c1cc[c]([Sn]([CH3])([CH3])[CH3])cc1. The summed E-state index contributed by atoms with van der Waals surface area (Å²) in [5.41, 5.74) is 3.40. The maximum atomic E-state index is 11.9. The fraction of sp³-hybridized carbons (Fsp3) is 0.286. The molecular weight excluding hydrogens is 347 g/mol. The van der Waals surface area contributed by atoms with Crippen molar-refractivity contribution in [2.24, 2.45) is 0 Å². The van der Waals surface area contributed by atoms with Gasteiger partial charge in [0.05, 0.1) is 0 Å². The van der Waals surface area contributed by atoms with E-state index in [4.69, 9.17) is 0 Å². The molecule has 0 aliphatic heterocycles. The first-order chi connectivity index (χ1) is 8.77. The fourth-order valence-corrected chi connectivity index (χ4v) is 4.93. The van der Waals surface area contributed by atoms with Gasteiger partial charge in [-0.25, -0.2) is 0 Å². The Bertz CT molecular complexity index is 489. The van der Waals surface area contributed by atoms with E-state index in [2.05, 4.69) is 26.8 Å². The van der Waals surface area contributed by atoms with Gasteiger partial charge < -0.3 is 0 Å². The van der Waals surface area contributed by atoms with Gasteiger partial charge in [0.25, 0.3) is 0 Å². The summed E-state index contributed by atoms with van der Waals surface area (Å²) in [5, 5.41) is 1.21. The van der Waals surface area contributed by atoms with Crippen LogP contribution < -0.4 is 14.0 Å². The van der Waals surface area contributed by atoms with Crippen LogP contribution in [0.15, 0.2) is 36.4 Å². The molecule has 0 fully saturated rings. The van der Waals surface area contributed by atoms with Gasteiger partial charge in [0.15, 0.2) is 0 Å². The molecule has 0 aromatic heterocycles. The monoisotopic (exact) mass is 368 g/mol. The zero-order valence-electron chi connectivity index (χ0n) is 11.9. The average molecular weight is 367 g/mol. The van der Waals surface area contributed by atoms with Crippen LogP contribution in [0, 0.1) is 0 Å². The summed E-state index contributed by atoms with van der Waals surface area (Å²) >= 11 is -2.09. The molecule has 0 bridgehead atoms. The molecule has 0 radical (unpaired) electrons. The fourth-order valence-electron chi connectivity index (χ4n) is 1.60. The van der Waals surface area contributed by atoms with Crippen molar-refractivity contribution in [3.63, 3.8) is 0 Å². The van der Waals surface area contributed by atoms with E-state index >= 15 is 0 Å². The minimum absolute atomic E-state index is 0.320. The second kappa shape index (κ2) is 6.23. The predicted molar refractivity (Wildman–Crippen MR) is 80.9 cm³/mol. The Labute approximate surface area is 118 Å². The van der Waals surface area contributed by atoms with Gasteiger partial charge in [-0.05, 0) is 0 Å². The number of carbonyl (C=O) groups excluding carboxylic acids is 2. The van der Waals surface area contributed by atoms with E-state index in [1.807, 2.05) is 24.3 Å². The molecule has 1 aromatic rings. The van der Waals surface area contributed by atoms with Gasteiger partial charge in [-0.1, -0.05) is 0 Å². The van der Waals surface area contributed by atoms with Crippen molar-refractivity contribution >= 4 is 40.0 Å². The van der Waals surface area contributed by atoms with Crippen LogP contribution in [0.2, 0.25) is 14.8 Å². The van der Waals surface area contributed by atoms with Crippen LogP contribution in [0.5, 0.6) is 0 Å². The number of amides is 2. The number of anilines is 1. The van der Waals surface area contributed by atoms with Crippen molar-refractivity contribution in [1.82, 2.24) is 5.43 Å². The van der Waals surface area contributed by atoms with Crippen molar-refractivity contribution in [3.8, 4) is 0 Å². The van der Waals surface area contributed by atoms with Crippen molar-refractivity contribution in [2.45, 2.75) is 21.7 Å². The third kappa shape index (κ3) is 4.09. The maximum absolute atomic E-state index is 11.9. The second-order valence-corrected chi connectivity index (χ2v) is 20.0. The molecule has 5 heteroatoms. The molecule has 19 heavy (non-hydrogen) atoms. The number of rotatable bonds is 5. The minimum atomic E-state index is -2.09. The van der Waals surface area contributed by atoms with Crippen molar-refractivity contribution < 1.29 is 9.59 Å². The number of benzene rings is 1. The Morgan fingerprint density at radius 1 is 1.26 bits per heavy atom. The molecule has 1 rings (SSSR count). The van der Waals surface area contributed by atoms with Crippen LogP contribution in [0.4, 0.5) is 5.69 Å². The average Bonchev–Trinajstić information content (AvgIpc) is 2.34. The number of hydrazine groups is 1. The van der Waals surface area contributed by atoms with E-state index in [1.54, 1.807) is 6.92 Å². The Balaban J connectivity index is 3.08. The summed E-state index contributed by atoms with van der Waals surface area (Å²) in [6, 6.07) is 7.79. The van der Waals surface area contributed by atoms with E-state index < -0.39 is 18.4 Å². The normalized spacial score (nSPS) is 10.7. The van der Waals surface area contributed by atoms with Gasteiger partial charge in [0.2, 0.25) is 0 Å². The molecule has 2 amide bonds. The van der Waals surface area contributed by atoms with Gasteiger partial charge in [-0.3, -0.25) is 0 Å². The third-order valence-electron chi connectivity index (χ3n) is 2.74. The van der Waals surface area contributed by atoms with E-state index in [1.165, 1.54) is 8.59 Å². The molecule has 0 aliphatic carbocycles. The molecule has 0 unspecified atom stereocenters. The first-order valence-electron chi connectivity index (χ1n) is 6.07. The molecule has 0 saturated carbocycles. The standard InChI is InChI=1S/C11H11N2O2.3CH3.Sn/c1-9(2)11(15)13(12-8-14)10-6-4-3-5-7-10;;;;/h4-8H,1H2,2H3,(H,12,14);3*1H3;. The molecular formula is C14H20N2O2Sn. The molecule has 0 spiro atoms. The first kappa shape index (κ1) is 15.8. The van der Waals surface area contributed by atoms with Gasteiger partial charge in [-0.2, -0.15) is 0 Å². The van der Waals surface area contributed by atoms with Crippen LogP contribution in [0.1, 0.15) is 6.92 Å². The summed E-state index contributed by atoms with van der Waals surface area (Å²) in [4.78, 5) is 29.5. The topological polar surface area (TPSA) is 49.4 Å². The van der Waals surface area contributed by atoms with Crippen LogP contribution in [0.3, 0.4) is 0 Å². The molecule has 0 atom stereocenters. The van der Waals surface area contributed by atoms with Crippen LogP contribution >= 0.6 is 0 Å². The third-order valence-corrected chi connectivity index (χ3v) is 8.64. The summed E-state index contributed by atoms with van der Waals surface area (Å²) < 4.78 is 1.37. The van der Waals surface area contributed by atoms with Gasteiger partial charge in [0.1, 0.15) is 0 Å². The molecule has 0 saturated heterocycles. The molecule has 1 N–H and O–H groups in total. The van der Waals surface area contributed by atoms with E-state index in [9.17, 15) is 9.59 Å². The first-order valence-corrected chi connectivity index (χ1v) is 16.1. The number of hydrogen-bond acceptors (Lipinski definition) is 2. The summed E-state index contributed by atoms with van der Waals surface area (Å²) in [7, 11) is 0. The van der Waals surface area contributed by atoms with Gasteiger partial charge in [-0.15, -0.1) is 0 Å². The van der Waals surface area contributed by atoms with Crippen molar-refractivity contribution in [2.75, 3.05) is 5.01 Å². The van der Waals surface area contributed by atoms with Crippen LogP contribution in [-0.2, 0) is 9.59 Å². The molecule has 0 heterocycles. The Kier molecular flexibility index (Phi) is 5.17. The van der Waals surface area contributed by atoms with Crippen LogP contribution in [0.25, 0.3) is 0 Å². The number of hydrogen-bond donors (Lipinski definition) is 1. The summed E-state index contributed by atoms with van der Waals surface area (Å²) in [6.07, 6.45) is 0.484. The van der Waals surface area contributed by atoms with Crippen molar-refractivity contribution in [3.05, 3.63) is 36.4 Å². The van der Waals surface area contributed by atoms with Crippen LogP contribution in [-0.4, -0.2) is 30.7 Å². The molecule has 0 aliphatic rings. The predicted octanol–water partition coefficient (Wildman–Crippen LogP) is 1.80. The number of carbonyl (C=O) groups is 2. The van der Waals surface area contributed by atoms with Gasteiger partial charge >= 0.3 is 118 Å². The van der Waals surface area contributed by atoms with E-state index in [0.717, 1.165) is 0 Å².